The van der Waals surface area contributed by atoms with Crippen LogP contribution in [0.25, 0.3) is 10.9 Å². The summed E-state index contributed by atoms with van der Waals surface area (Å²) < 4.78 is 41.7. The molecule has 0 bridgehead atoms. The molecule has 176 valence electrons. The van der Waals surface area contributed by atoms with Crippen LogP contribution < -0.4 is 0 Å². The van der Waals surface area contributed by atoms with Gasteiger partial charge in [-0.3, -0.25) is 4.79 Å². The van der Waals surface area contributed by atoms with Gasteiger partial charge in [-0.05, 0) is 42.3 Å². The Balaban J connectivity index is 1.68. The molecule has 0 unspecified atom stereocenters. The van der Waals surface area contributed by atoms with Gasteiger partial charge in [0.05, 0.1) is 9.79 Å². The van der Waals surface area contributed by atoms with Gasteiger partial charge in [0.2, 0.25) is 15.7 Å². The van der Waals surface area contributed by atoms with E-state index in [4.69, 9.17) is 0 Å². The fourth-order valence-electron chi connectivity index (χ4n) is 3.99. The molecule has 1 aromatic heterocycles. The van der Waals surface area contributed by atoms with E-state index >= 15 is 0 Å². The maximum absolute atomic E-state index is 13.4. The molecule has 0 saturated carbocycles. The maximum atomic E-state index is 13.4. The summed E-state index contributed by atoms with van der Waals surface area (Å²) in [6.07, 6.45) is 3.36. The molecular formula is C27H27FN2O3S. The molecule has 0 atom stereocenters. The van der Waals surface area contributed by atoms with Gasteiger partial charge in [-0.2, -0.15) is 0 Å². The van der Waals surface area contributed by atoms with Crippen molar-refractivity contribution >= 4 is 26.6 Å². The molecule has 34 heavy (non-hydrogen) atoms. The van der Waals surface area contributed by atoms with Crippen LogP contribution >= 0.6 is 0 Å². The van der Waals surface area contributed by atoms with Crippen LogP contribution in [0.3, 0.4) is 0 Å². The first-order chi connectivity index (χ1) is 16.4. The first kappa shape index (κ1) is 23.7. The number of carbonyl (C=O) groups excluding carboxylic acids is 1. The maximum Gasteiger partial charge on any atom is 0.242 e. The Hall–Kier alpha value is -3.45. The van der Waals surface area contributed by atoms with Crippen LogP contribution in [0.1, 0.15) is 25.3 Å². The Labute approximate surface area is 199 Å². The molecule has 1 heterocycles. The topological polar surface area (TPSA) is 59.4 Å². The van der Waals surface area contributed by atoms with Crippen molar-refractivity contribution in [1.82, 2.24) is 9.47 Å². The van der Waals surface area contributed by atoms with Crippen molar-refractivity contribution in [2.75, 3.05) is 6.54 Å². The molecule has 4 rings (SSSR count). The molecule has 0 saturated heterocycles. The van der Waals surface area contributed by atoms with E-state index in [0.29, 0.717) is 24.0 Å². The van der Waals surface area contributed by atoms with Gasteiger partial charge in [-0.15, -0.1) is 0 Å². The molecule has 0 fully saturated rings. The van der Waals surface area contributed by atoms with Crippen molar-refractivity contribution in [3.05, 3.63) is 96.4 Å². The monoisotopic (exact) mass is 478 g/mol. The Morgan fingerprint density at radius 1 is 0.941 bits per heavy atom. The van der Waals surface area contributed by atoms with Crippen molar-refractivity contribution in [2.45, 2.75) is 42.6 Å². The van der Waals surface area contributed by atoms with E-state index in [1.165, 1.54) is 18.3 Å². The molecule has 0 aliphatic rings. The fraction of sp³-hybridized carbons (Fsp3) is 0.222. The van der Waals surface area contributed by atoms with Crippen LogP contribution in [-0.2, 0) is 27.7 Å². The van der Waals surface area contributed by atoms with Gasteiger partial charge in [0, 0.05) is 30.2 Å². The van der Waals surface area contributed by atoms with Crippen LogP contribution in [0, 0.1) is 5.82 Å². The third-order valence-corrected chi connectivity index (χ3v) is 7.62. The van der Waals surface area contributed by atoms with Crippen LogP contribution in [0.4, 0.5) is 4.39 Å². The Morgan fingerprint density at radius 3 is 2.32 bits per heavy atom. The quantitative estimate of drug-likeness (QED) is 0.301. The number of hydrogen-bond donors (Lipinski definition) is 0. The highest BCUT2D eigenvalue weighted by Crippen LogP contribution is 2.30. The number of aromatic nitrogens is 1. The van der Waals surface area contributed by atoms with E-state index in [0.717, 1.165) is 30.5 Å². The minimum atomic E-state index is -3.89. The van der Waals surface area contributed by atoms with E-state index in [1.807, 2.05) is 41.3 Å². The van der Waals surface area contributed by atoms with Gasteiger partial charge in [0.15, 0.2) is 0 Å². The highest BCUT2D eigenvalue weighted by atomic mass is 32.2. The Morgan fingerprint density at radius 2 is 1.62 bits per heavy atom. The SMILES string of the molecule is CCCCN(Cc1ccccc1)C(=O)Cn1cc(S(=O)(=O)c2ccc(F)cc2)c2ccccc21. The first-order valence-electron chi connectivity index (χ1n) is 11.3. The molecule has 0 aliphatic heterocycles. The largest absolute Gasteiger partial charge is 0.337 e. The third kappa shape index (κ3) is 5.04. The number of unbranched alkanes of at least 4 members (excludes halogenated alkanes) is 1. The van der Waals surface area contributed by atoms with E-state index in [2.05, 4.69) is 6.92 Å². The molecule has 3 aromatic carbocycles. The van der Waals surface area contributed by atoms with Crippen molar-refractivity contribution in [3.8, 4) is 0 Å². The predicted molar refractivity (Wildman–Crippen MR) is 131 cm³/mol. The molecular weight excluding hydrogens is 451 g/mol. The van der Waals surface area contributed by atoms with Crippen molar-refractivity contribution in [1.29, 1.82) is 0 Å². The molecule has 7 heteroatoms. The van der Waals surface area contributed by atoms with E-state index < -0.39 is 15.7 Å². The number of rotatable bonds is 9. The van der Waals surface area contributed by atoms with Crippen molar-refractivity contribution < 1.29 is 17.6 Å². The molecule has 0 N–H and O–H groups in total. The van der Waals surface area contributed by atoms with Gasteiger partial charge in [0.1, 0.15) is 12.4 Å². The average molecular weight is 479 g/mol. The second kappa shape index (κ2) is 10.2. The lowest BCUT2D eigenvalue weighted by Gasteiger charge is -2.23. The van der Waals surface area contributed by atoms with Crippen LogP contribution in [0.15, 0.2) is 94.9 Å². The van der Waals surface area contributed by atoms with Gasteiger partial charge >= 0.3 is 0 Å². The summed E-state index contributed by atoms with van der Waals surface area (Å²) in [6.45, 7) is 3.23. The van der Waals surface area contributed by atoms with Crippen molar-refractivity contribution in [3.63, 3.8) is 0 Å². The van der Waals surface area contributed by atoms with Crippen LogP contribution in [0.5, 0.6) is 0 Å². The zero-order valence-corrected chi connectivity index (χ0v) is 19.8. The summed E-state index contributed by atoms with van der Waals surface area (Å²) in [6, 6.07) is 21.7. The van der Waals surface area contributed by atoms with Crippen molar-refractivity contribution in [2.24, 2.45) is 0 Å². The second-order valence-corrected chi connectivity index (χ2v) is 10.2. The molecule has 0 radical (unpaired) electrons. The molecule has 1 amide bonds. The number of carbonyl (C=O) groups is 1. The Kier molecular flexibility index (Phi) is 7.12. The van der Waals surface area contributed by atoms with Gasteiger partial charge < -0.3 is 9.47 Å². The number of para-hydroxylation sites is 1. The van der Waals surface area contributed by atoms with E-state index in [9.17, 15) is 17.6 Å². The standard InChI is InChI=1S/C27H27FN2O3S/c1-2-3-17-29(18-21-9-5-4-6-10-21)27(31)20-30-19-26(24-11-7-8-12-25(24)30)34(32,33)23-15-13-22(28)14-16-23/h4-16,19H,2-3,17-18,20H2,1H3. The normalized spacial score (nSPS) is 11.6. The second-order valence-electron chi connectivity index (χ2n) is 8.25. The summed E-state index contributed by atoms with van der Waals surface area (Å²) in [4.78, 5) is 15.3. The van der Waals surface area contributed by atoms with E-state index in [1.54, 1.807) is 22.8 Å². The summed E-state index contributed by atoms with van der Waals surface area (Å²) >= 11 is 0. The van der Waals surface area contributed by atoms with Crippen LogP contribution in [-0.4, -0.2) is 30.3 Å². The number of sulfone groups is 1. The smallest absolute Gasteiger partial charge is 0.242 e. The number of hydrogen-bond acceptors (Lipinski definition) is 3. The summed E-state index contributed by atoms with van der Waals surface area (Å²) in [5.74, 6) is -0.582. The Bertz CT molecular complexity index is 1380. The summed E-state index contributed by atoms with van der Waals surface area (Å²) in [5.41, 5.74) is 1.70. The number of fused-ring (bicyclic) bond motifs is 1. The number of halogens is 1. The number of benzene rings is 3. The van der Waals surface area contributed by atoms with Crippen LogP contribution in [0.2, 0.25) is 0 Å². The zero-order valence-electron chi connectivity index (χ0n) is 19.0. The van der Waals surface area contributed by atoms with Gasteiger partial charge in [-0.25, -0.2) is 12.8 Å². The third-order valence-electron chi connectivity index (χ3n) is 5.82. The average Bonchev–Trinajstić information content (AvgIpc) is 3.22. The zero-order chi connectivity index (χ0) is 24.1. The summed E-state index contributed by atoms with van der Waals surface area (Å²) in [5, 5.41) is 0.530. The van der Waals surface area contributed by atoms with E-state index in [-0.39, 0.29) is 22.2 Å². The summed E-state index contributed by atoms with van der Waals surface area (Å²) in [7, 11) is -3.89. The minimum absolute atomic E-state index is 0.0109. The highest BCUT2D eigenvalue weighted by molar-refractivity contribution is 7.91. The molecule has 0 spiro atoms. The molecule has 4 aromatic rings. The lowest BCUT2D eigenvalue weighted by molar-refractivity contribution is -0.132. The lowest BCUT2D eigenvalue weighted by Crippen LogP contribution is -2.34. The predicted octanol–water partition coefficient (Wildman–Crippen LogP) is 5.44. The molecule has 0 aliphatic carbocycles. The first-order valence-corrected chi connectivity index (χ1v) is 12.8. The fourth-order valence-corrected chi connectivity index (χ4v) is 5.47. The molecule has 5 nitrogen and oxygen atoms in total. The number of nitrogens with zero attached hydrogens (tertiary/aromatic N) is 2. The van der Waals surface area contributed by atoms with Gasteiger partial charge in [0.25, 0.3) is 0 Å². The highest BCUT2D eigenvalue weighted by Gasteiger charge is 2.25. The lowest BCUT2D eigenvalue weighted by atomic mass is 10.2. The number of amides is 1. The minimum Gasteiger partial charge on any atom is -0.337 e. The van der Waals surface area contributed by atoms with Gasteiger partial charge in [-0.1, -0.05) is 61.9 Å².